The number of hydrogen-bond donors (Lipinski definition) is 0. The molecule has 0 fully saturated rings. The fourth-order valence-electron chi connectivity index (χ4n) is 23.7. The Hall–Kier alpha value is -9.48. The molecule has 0 unspecified atom stereocenters. The average Bonchev–Trinajstić information content (AvgIpc) is 0.713. The molecule has 0 aromatic heterocycles. The van der Waals surface area contributed by atoms with Crippen molar-refractivity contribution in [3.63, 3.8) is 0 Å². The van der Waals surface area contributed by atoms with E-state index in [0.717, 1.165) is 22.0 Å². The zero-order chi connectivity index (χ0) is 104. The van der Waals surface area contributed by atoms with Gasteiger partial charge in [-0.15, -0.1) is 68.4 Å². The molecule has 2 nitrogen and oxygen atoms in total. The number of hydrogen-bond acceptors (Lipinski definition) is 8. The molecule has 0 amide bonds. The summed E-state index contributed by atoms with van der Waals surface area (Å²) in [6, 6.07) is 141. The minimum absolute atomic E-state index is 0.0937. The number of fused-ring (bicyclic) bond motifs is 8. The second-order valence-electron chi connectivity index (χ2n) is 48.6. The maximum absolute atomic E-state index is 7.47. The molecule has 0 radical (unpaired) electrons. The van der Waals surface area contributed by atoms with Crippen molar-refractivity contribution in [2.24, 2.45) is 0 Å². The predicted molar refractivity (Wildman–Crippen MR) is 659 cm³/mol. The first-order chi connectivity index (χ1) is 68.9. The number of para-hydroxylation sites is 1. The van der Waals surface area contributed by atoms with Gasteiger partial charge in [0.2, 0.25) is 0 Å². The van der Waals surface area contributed by atoms with Crippen molar-refractivity contribution in [3.05, 3.63) is 408 Å². The summed E-state index contributed by atoms with van der Waals surface area (Å²) in [6.45, 7) is 67.6. The van der Waals surface area contributed by atoms with Crippen molar-refractivity contribution in [1.82, 2.24) is 0 Å². The van der Waals surface area contributed by atoms with Crippen LogP contribution in [0.3, 0.4) is 0 Å². The molecule has 0 saturated carbocycles. The van der Waals surface area contributed by atoms with Gasteiger partial charge in [-0.3, -0.25) is 0 Å². The van der Waals surface area contributed by atoms with Gasteiger partial charge >= 0.3 is 0 Å². The summed E-state index contributed by atoms with van der Waals surface area (Å²) < 4.78 is 14.2. The molecule has 0 N–H and O–H groups in total. The second-order valence-corrected chi connectivity index (χ2v) is 91.0. The van der Waals surface area contributed by atoms with Crippen LogP contribution in [0.2, 0.25) is 52.4 Å². The van der Waals surface area contributed by atoms with Gasteiger partial charge in [0.1, 0.15) is 51.6 Å². The van der Waals surface area contributed by atoms with Gasteiger partial charge in [-0.1, -0.05) is 475 Å². The standard InChI is InChI=1S/C68H72O2S2Si.C64H72S4Si5/c1-63(2,3)53-41-39-47(43-51(53)49-31-26-38-60-61(49)70-66(9,10)56-34-22-23-35-57(56)67(11,12)71-60)73(45-27-17-15-18-28-45,46-29-19-16-20-30-46)48-40-42-54(64(4,5)6)52(44-48)50-32-25-37-59-62(50)72-68(13,14)58-36-24-21-33-55(58)65(7,8)69-59;1-63(2,3)53-41-39-47(43-51(53)49-31-25-33-55-61(49)67-71(11,12)59-37-23-21-35-57(59)69(7,8)65-55)73(45-27-17-15-18-28-45,46-29-19-16-20-30-46)48-40-42-54(64(4,5)6)52(44-48)50-32-26-34-56-62(50)68-72(13,14)60-38-24-22-36-58(60)70(9,10)66-56/h2*15-44H,1-14H3. The van der Waals surface area contributed by atoms with Crippen LogP contribution in [0.5, 0.6) is 11.5 Å². The first-order valence-electron chi connectivity index (χ1n) is 52.1. The Morgan fingerprint density at radius 1 is 0.219 bits per heavy atom. The lowest BCUT2D eigenvalue weighted by molar-refractivity contribution is 0.102. The van der Waals surface area contributed by atoms with Crippen molar-refractivity contribution in [3.8, 4) is 56.0 Å². The summed E-state index contributed by atoms with van der Waals surface area (Å²) in [5.41, 5.74) is 19.1. The molecule has 0 spiro atoms. The van der Waals surface area contributed by atoms with Crippen molar-refractivity contribution in [2.45, 2.75) is 263 Å². The molecule has 4 aliphatic heterocycles. The molecule has 16 aromatic rings. The van der Waals surface area contributed by atoms with Crippen LogP contribution >= 0.6 is 68.4 Å². The average molecular weight is 2120 g/mol. The minimum Gasteiger partial charge on any atom is -0.482 e. The lowest BCUT2D eigenvalue weighted by Gasteiger charge is -2.40. The van der Waals surface area contributed by atoms with Gasteiger partial charge in [0.25, 0.3) is 0 Å². The van der Waals surface area contributed by atoms with Crippen molar-refractivity contribution < 1.29 is 9.47 Å². The highest BCUT2D eigenvalue weighted by molar-refractivity contribution is 8.34. The van der Waals surface area contributed by atoms with E-state index in [4.69, 9.17) is 9.47 Å². The van der Waals surface area contributed by atoms with Crippen LogP contribution in [0.15, 0.2) is 393 Å². The van der Waals surface area contributed by atoms with E-state index >= 15 is 0 Å². The Morgan fingerprint density at radius 2 is 0.479 bits per heavy atom. The highest BCUT2D eigenvalue weighted by Gasteiger charge is 2.50. The van der Waals surface area contributed by atoms with E-state index in [0.29, 0.717) is 0 Å². The largest absolute Gasteiger partial charge is 0.482 e. The highest BCUT2D eigenvalue weighted by atomic mass is 32.4. The Bertz CT molecular complexity index is 6760. The second kappa shape index (κ2) is 39.1. The van der Waals surface area contributed by atoms with Crippen molar-refractivity contribution >= 4 is 176 Å². The Labute approximate surface area is 903 Å². The monoisotopic (exact) mass is 2120 g/mol. The fraction of sp³-hybridized carbons (Fsp3) is 0.273. The summed E-state index contributed by atoms with van der Waals surface area (Å²) in [4.78, 5) is 8.18. The van der Waals surface area contributed by atoms with Crippen LogP contribution in [0.1, 0.15) is 183 Å². The number of rotatable bonds is 12. The Morgan fingerprint density at radius 3 is 0.808 bits per heavy atom. The number of benzene rings is 16. The van der Waals surface area contributed by atoms with Crippen LogP contribution in [0, 0.1) is 0 Å². The topological polar surface area (TPSA) is 18.5 Å². The third kappa shape index (κ3) is 19.5. The highest BCUT2D eigenvalue weighted by Crippen LogP contribution is 2.59. The Balaban J connectivity index is 0.000000184. The van der Waals surface area contributed by atoms with Crippen LogP contribution < -0.4 is 71.7 Å². The third-order valence-electron chi connectivity index (χ3n) is 30.7. The molecule has 20 rings (SSSR count). The fourth-order valence-corrected chi connectivity index (χ4v) is 63.3. The van der Waals surface area contributed by atoms with E-state index in [1.807, 2.05) is 23.5 Å². The maximum Gasteiger partial charge on any atom is 0.179 e. The smallest absolute Gasteiger partial charge is 0.179 e. The minimum atomic E-state index is -3.18. The molecular weight excluding hydrogens is 1980 g/mol. The van der Waals surface area contributed by atoms with Crippen LogP contribution in [-0.4, -0.2) is 45.0 Å². The normalized spacial score (nSPS) is 16.7. The summed E-state index contributed by atoms with van der Waals surface area (Å²) >= 11 is 12.6. The van der Waals surface area contributed by atoms with Crippen LogP contribution in [0.25, 0.3) is 44.5 Å². The molecule has 4 aliphatic rings. The van der Waals surface area contributed by atoms with Gasteiger partial charge in [0.15, 0.2) is 16.1 Å². The van der Waals surface area contributed by atoms with E-state index in [9.17, 15) is 0 Å². The zero-order valence-electron chi connectivity index (χ0n) is 90.9. The molecule has 146 heavy (non-hydrogen) atoms. The van der Waals surface area contributed by atoms with Crippen LogP contribution in [-0.2, 0) is 42.4 Å². The molecule has 0 saturated heterocycles. The molecular formula is C132H144O2S6Si6. The third-order valence-corrected chi connectivity index (χ3v) is 66.3. The quantitative estimate of drug-likeness (QED) is 0.0879. The molecule has 0 aliphatic carbocycles. The number of ether oxygens (including phenoxy) is 2. The van der Waals surface area contributed by atoms with Crippen molar-refractivity contribution in [2.75, 3.05) is 0 Å². The van der Waals surface area contributed by atoms with E-state index in [1.54, 1.807) is 20.7 Å². The van der Waals surface area contributed by atoms with E-state index in [2.05, 4.69) is 600 Å². The molecule has 14 heteroatoms. The first-order valence-corrected chi connectivity index (χ1v) is 75.9. The zero-order valence-corrected chi connectivity index (χ0v) is 102. The van der Waals surface area contributed by atoms with Gasteiger partial charge in [-0.2, -0.15) is 0 Å². The molecule has 0 atom stereocenters. The SMILES string of the molecule is CC(C)(C)c1ccc([Si](c2ccccc2)(c2ccccc2)c2ccc(C(C)(C)C)c(-c3cccc4c3SC(C)(C)c3ccccc3C(C)(C)O4)c2)cc1-c1cccc2c1OC(C)(C)c1ccccc1C(C)(C)S2.CC(C)(C)c1ccc([Si](c2ccccc2)(c2ccccc2)c2ccc(C(C)(C)C)c(-c3cccc4c3S[Si](C)(C)c3ccccc3[Si](C)(C)S4)c2)cc1-c1cccc2c1S[Si](C)(C)c1ccccc1[Si](C)(C)S2. The molecule has 0 bridgehead atoms. The van der Waals surface area contributed by atoms with E-state index in [1.165, 1.54) is 149 Å². The summed E-state index contributed by atoms with van der Waals surface area (Å²) in [6.07, 6.45) is 0. The van der Waals surface area contributed by atoms with Gasteiger partial charge in [-0.25, -0.2) is 0 Å². The van der Waals surface area contributed by atoms with Crippen LogP contribution in [0.4, 0.5) is 0 Å². The molecule has 744 valence electrons. The van der Waals surface area contributed by atoms with Crippen molar-refractivity contribution in [1.29, 1.82) is 0 Å². The number of thioether (sulfide) groups is 2. The van der Waals surface area contributed by atoms with Gasteiger partial charge < -0.3 is 9.47 Å². The lowest BCUT2D eigenvalue weighted by atomic mass is 9.81. The van der Waals surface area contributed by atoms with Gasteiger partial charge in [0, 0.05) is 34.6 Å². The molecule has 16 aromatic carbocycles. The maximum atomic E-state index is 7.47. The molecule has 4 heterocycles. The first kappa shape index (κ1) is 105. The summed E-state index contributed by atoms with van der Waals surface area (Å²) in [7, 11) is -14.2. The van der Waals surface area contributed by atoms with E-state index < -0.39 is 56.2 Å². The predicted octanol–water partition coefficient (Wildman–Crippen LogP) is 30.7. The van der Waals surface area contributed by atoms with Gasteiger partial charge in [0.05, 0.1) is 9.79 Å². The lowest BCUT2D eigenvalue weighted by Crippen LogP contribution is -2.74. The summed E-state index contributed by atoms with van der Waals surface area (Å²) in [5.74, 6) is 1.87. The van der Waals surface area contributed by atoms with E-state index in [-0.39, 0.29) is 31.2 Å². The van der Waals surface area contributed by atoms with Gasteiger partial charge in [-0.05, 0) is 247 Å². The summed E-state index contributed by atoms with van der Waals surface area (Å²) in [5, 5.41) is 17.5. The Kier molecular flexibility index (Phi) is 28.1.